The number of nitrogens with zero attached hydrogens (tertiary/aromatic N) is 2. The monoisotopic (exact) mass is 335 g/mol. The van der Waals surface area contributed by atoms with Crippen LogP contribution in [0.5, 0.6) is 5.75 Å². The van der Waals surface area contributed by atoms with Crippen LogP contribution in [0.15, 0.2) is 54.9 Å². The molecule has 4 rings (SSSR count). The van der Waals surface area contributed by atoms with Crippen molar-refractivity contribution in [1.82, 2.24) is 14.9 Å². The van der Waals surface area contributed by atoms with Gasteiger partial charge < -0.3 is 14.6 Å². The Hall–Kier alpha value is -3.15. The number of benzene rings is 2. The minimum atomic E-state index is -0.637. The number of nitrogens with one attached hydrogen (secondary N) is 1. The van der Waals surface area contributed by atoms with Gasteiger partial charge in [-0.05, 0) is 24.3 Å². The van der Waals surface area contributed by atoms with E-state index >= 15 is 0 Å². The summed E-state index contributed by atoms with van der Waals surface area (Å²) in [5.74, 6) is 0.283. The number of Topliss-reactive ketones (excluding diaryl/α,β-unsaturated/α-hetero) is 1. The third kappa shape index (κ3) is 2.98. The fourth-order valence-electron chi connectivity index (χ4n) is 3.02. The van der Waals surface area contributed by atoms with Crippen LogP contribution in [0.1, 0.15) is 16.8 Å². The number of aromatic nitrogens is 2. The molecule has 25 heavy (non-hydrogen) atoms. The lowest BCUT2D eigenvalue weighted by Gasteiger charge is -2.24. The molecule has 1 unspecified atom stereocenters. The van der Waals surface area contributed by atoms with Crippen molar-refractivity contribution in [2.75, 3.05) is 6.61 Å². The van der Waals surface area contributed by atoms with Crippen molar-refractivity contribution in [2.45, 2.75) is 19.0 Å². The van der Waals surface area contributed by atoms with E-state index in [0.29, 0.717) is 17.9 Å². The second-order valence-electron chi connectivity index (χ2n) is 5.97. The Labute approximate surface area is 144 Å². The minimum Gasteiger partial charge on any atom is -0.490 e. The minimum absolute atomic E-state index is 0.108. The average molecular weight is 335 g/mol. The highest BCUT2D eigenvalue weighted by molar-refractivity contribution is 6.04. The highest BCUT2D eigenvalue weighted by Gasteiger charge is 2.29. The topological polar surface area (TPSA) is 73.2 Å². The van der Waals surface area contributed by atoms with Crippen LogP contribution in [-0.4, -0.2) is 33.9 Å². The summed E-state index contributed by atoms with van der Waals surface area (Å²) >= 11 is 0. The predicted molar refractivity (Wildman–Crippen MR) is 92.5 cm³/mol. The first kappa shape index (κ1) is 15.4. The van der Waals surface area contributed by atoms with Crippen LogP contribution in [0.3, 0.4) is 0 Å². The Kier molecular flexibility index (Phi) is 3.93. The highest BCUT2D eigenvalue weighted by atomic mass is 16.5. The second-order valence-corrected chi connectivity index (χ2v) is 5.97. The number of amides is 1. The maximum absolute atomic E-state index is 12.5. The molecule has 2 aromatic carbocycles. The average Bonchev–Trinajstić information content (AvgIpc) is 3.06. The van der Waals surface area contributed by atoms with Gasteiger partial charge in [-0.15, -0.1) is 0 Å². The molecule has 0 radical (unpaired) electrons. The normalized spacial score (nSPS) is 16.3. The van der Waals surface area contributed by atoms with Crippen LogP contribution in [0.2, 0.25) is 0 Å². The summed E-state index contributed by atoms with van der Waals surface area (Å²) in [6.07, 6.45) is 1.99. The van der Waals surface area contributed by atoms with Crippen molar-refractivity contribution in [3.63, 3.8) is 0 Å². The predicted octanol–water partition coefficient (Wildman–Crippen LogP) is 2.19. The first-order chi connectivity index (χ1) is 12.2. The Morgan fingerprint density at radius 2 is 2.00 bits per heavy atom. The lowest BCUT2D eigenvalue weighted by atomic mass is 10.0. The van der Waals surface area contributed by atoms with Crippen molar-refractivity contribution in [1.29, 1.82) is 0 Å². The third-order valence-corrected chi connectivity index (χ3v) is 4.32. The summed E-state index contributed by atoms with van der Waals surface area (Å²) in [7, 11) is 0. The molecule has 0 spiro atoms. The van der Waals surface area contributed by atoms with Gasteiger partial charge in [-0.2, -0.15) is 0 Å². The van der Waals surface area contributed by atoms with Crippen LogP contribution < -0.4 is 10.1 Å². The molecule has 3 aromatic rings. The Bertz CT molecular complexity index is 948. The van der Waals surface area contributed by atoms with E-state index < -0.39 is 6.04 Å². The maximum atomic E-state index is 12.5. The number of aryl methyl sites for hydroxylation is 1. The summed E-state index contributed by atoms with van der Waals surface area (Å²) in [5, 5.41) is 2.77. The van der Waals surface area contributed by atoms with Crippen LogP contribution in [-0.2, 0) is 11.3 Å². The lowest BCUT2D eigenvalue weighted by Crippen LogP contribution is -2.47. The second kappa shape index (κ2) is 6.39. The number of fused-ring (bicyclic) bond motifs is 2. The zero-order valence-electron chi connectivity index (χ0n) is 13.5. The van der Waals surface area contributed by atoms with E-state index in [9.17, 15) is 9.59 Å². The van der Waals surface area contributed by atoms with Gasteiger partial charge in [-0.1, -0.05) is 24.3 Å². The number of carbonyl (C=O) groups is 2. The number of carbonyl (C=O) groups excluding carboxylic acids is 2. The van der Waals surface area contributed by atoms with Crippen molar-refractivity contribution in [3.8, 4) is 5.75 Å². The molecule has 2 heterocycles. The zero-order valence-corrected chi connectivity index (χ0v) is 13.5. The quantitative estimate of drug-likeness (QED) is 0.793. The molecule has 6 heteroatoms. The van der Waals surface area contributed by atoms with E-state index in [2.05, 4.69) is 10.3 Å². The van der Waals surface area contributed by atoms with E-state index in [-0.39, 0.29) is 24.7 Å². The van der Waals surface area contributed by atoms with Gasteiger partial charge in [0.15, 0.2) is 5.78 Å². The molecule has 1 atom stereocenters. The molecular weight excluding hydrogens is 318 g/mol. The van der Waals surface area contributed by atoms with Crippen molar-refractivity contribution < 1.29 is 14.3 Å². The molecule has 0 bridgehead atoms. The summed E-state index contributed by atoms with van der Waals surface area (Å²) < 4.78 is 7.50. The molecule has 1 N–H and O–H groups in total. The van der Waals surface area contributed by atoms with Crippen molar-refractivity contribution in [3.05, 3.63) is 60.4 Å². The summed E-state index contributed by atoms with van der Waals surface area (Å²) in [5.41, 5.74) is 2.40. The van der Waals surface area contributed by atoms with E-state index in [1.807, 2.05) is 34.9 Å². The molecular formula is C19H17N3O3. The SMILES string of the molecule is O=C(CCn1cnc2ccccc21)NC1COc2ccccc2C1=O. The van der Waals surface area contributed by atoms with Gasteiger partial charge in [0.2, 0.25) is 5.91 Å². The van der Waals surface area contributed by atoms with Gasteiger partial charge in [0.25, 0.3) is 0 Å². The fraction of sp³-hybridized carbons (Fsp3) is 0.211. The first-order valence-electron chi connectivity index (χ1n) is 8.17. The van der Waals surface area contributed by atoms with E-state index in [1.54, 1.807) is 24.5 Å². The molecule has 0 saturated heterocycles. The molecule has 0 aliphatic carbocycles. The van der Waals surface area contributed by atoms with E-state index in [0.717, 1.165) is 11.0 Å². The Balaban J connectivity index is 1.39. The largest absolute Gasteiger partial charge is 0.490 e. The molecule has 0 fully saturated rings. The number of ether oxygens (including phenoxy) is 1. The van der Waals surface area contributed by atoms with E-state index in [1.165, 1.54) is 0 Å². The van der Waals surface area contributed by atoms with Crippen molar-refractivity contribution in [2.24, 2.45) is 0 Å². The van der Waals surface area contributed by atoms with Crippen LogP contribution in [0.25, 0.3) is 11.0 Å². The molecule has 0 saturated carbocycles. The zero-order chi connectivity index (χ0) is 17.2. The van der Waals surface area contributed by atoms with Crippen LogP contribution in [0, 0.1) is 0 Å². The first-order valence-corrected chi connectivity index (χ1v) is 8.17. The lowest BCUT2D eigenvalue weighted by molar-refractivity contribution is -0.122. The third-order valence-electron chi connectivity index (χ3n) is 4.32. The Morgan fingerprint density at radius 1 is 1.20 bits per heavy atom. The van der Waals surface area contributed by atoms with Crippen LogP contribution in [0.4, 0.5) is 0 Å². The number of hydrogen-bond acceptors (Lipinski definition) is 4. The molecule has 1 aliphatic rings. The van der Waals surface area contributed by atoms with Gasteiger partial charge in [0.1, 0.15) is 18.4 Å². The maximum Gasteiger partial charge on any atom is 0.222 e. The van der Waals surface area contributed by atoms with Gasteiger partial charge in [-0.25, -0.2) is 4.98 Å². The summed E-state index contributed by atoms with van der Waals surface area (Å²) in [6.45, 7) is 0.667. The number of hydrogen-bond donors (Lipinski definition) is 1. The number of para-hydroxylation sites is 3. The Morgan fingerprint density at radius 3 is 2.92 bits per heavy atom. The number of imidazole rings is 1. The van der Waals surface area contributed by atoms with Gasteiger partial charge in [0, 0.05) is 13.0 Å². The van der Waals surface area contributed by atoms with Gasteiger partial charge in [-0.3, -0.25) is 9.59 Å². The number of rotatable bonds is 4. The van der Waals surface area contributed by atoms with Crippen LogP contribution >= 0.6 is 0 Å². The molecule has 1 aliphatic heterocycles. The number of ketones is 1. The van der Waals surface area contributed by atoms with Gasteiger partial charge in [0.05, 0.1) is 22.9 Å². The molecule has 126 valence electrons. The molecule has 6 nitrogen and oxygen atoms in total. The fourth-order valence-corrected chi connectivity index (χ4v) is 3.02. The summed E-state index contributed by atoms with van der Waals surface area (Å²) in [4.78, 5) is 29.0. The smallest absolute Gasteiger partial charge is 0.222 e. The highest BCUT2D eigenvalue weighted by Crippen LogP contribution is 2.24. The summed E-state index contributed by atoms with van der Waals surface area (Å²) in [6, 6.07) is 14.2. The molecule has 1 amide bonds. The van der Waals surface area contributed by atoms with E-state index in [4.69, 9.17) is 4.74 Å². The van der Waals surface area contributed by atoms with Gasteiger partial charge >= 0.3 is 0 Å². The standard InChI is InChI=1S/C19H17N3O3/c23-18(9-10-22-12-20-14-6-2-3-7-16(14)22)21-15-11-25-17-8-4-1-5-13(17)19(15)24/h1-8,12,15H,9-11H2,(H,21,23). The molecule has 1 aromatic heterocycles. The van der Waals surface area contributed by atoms with Crippen molar-refractivity contribution >= 4 is 22.7 Å².